The van der Waals surface area contributed by atoms with E-state index in [0.717, 1.165) is 68.2 Å². The summed E-state index contributed by atoms with van der Waals surface area (Å²) in [5, 5.41) is 22.7. The van der Waals surface area contributed by atoms with E-state index in [9.17, 15) is 0 Å². The maximum Gasteiger partial charge on any atom is 0.0540 e. The fraction of sp³-hybridized carbons (Fsp3) is 0.118. The van der Waals surface area contributed by atoms with Crippen LogP contribution in [0.4, 0.5) is 102 Å². The summed E-state index contributed by atoms with van der Waals surface area (Å²) in [4.78, 5) is 14.4. The van der Waals surface area contributed by atoms with E-state index < -0.39 is 0 Å². The summed E-state index contributed by atoms with van der Waals surface area (Å²) in [7, 11) is 0. The van der Waals surface area contributed by atoms with Crippen LogP contribution in [0.1, 0.15) is 114 Å². The zero-order chi connectivity index (χ0) is 97.0. The molecule has 24 rings (SSSR count). The molecule has 0 saturated heterocycles. The van der Waals surface area contributed by atoms with Gasteiger partial charge in [-0.25, -0.2) is 0 Å². The number of rotatable bonds is 20. The molecule has 24 aromatic carbocycles. The van der Waals surface area contributed by atoms with Crippen molar-refractivity contribution in [2.24, 2.45) is 0 Å². The summed E-state index contributed by atoms with van der Waals surface area (Å²) < 4.78 is 0. The molecule has 0 aromatic heterocycles. The van der Waals surface area contributed by atoms with Crippen LogP contribution >= 0.6 is 0 Å². The number of aryl methyl sites for hydroxylation is 2. The van der Waals surface area contributed by atoms with Gasteiger partial charge >= 0.3 is 0 Å². The van der Waals surface area contributed by atoms with Crippen LogP contribution in [0.3, 0.4) is 0 Å². The number of benzene rings is 24. The van der Waals surface area contributed by atoms with Crippen LogP contribution in [-0.4, -0.2) is 0 Å². The Kier molecular flexibility index (Phi) is 24.1. The highest BCUT2D eigenvalue weighted by atomic mass is 15.2. The number of nitrogens with zero attached hydrogens (tertiary/aromatic N) is 6. The molecule has 142 heavy (non-hydrogen) atoms. The molecule has 0 heterocycles. The van der Waals surface area contributed by atoms with Gasteiger partial charge in [0.1, 0.15) is 0 Å². The van der Waals surface area contributed by atoms with Gasteiger partial charge in [0.25, 0.3) is 0 Å². The smallest absolute Gasteiger partial charge is 0.0540 e. The van der Waals surface area contributed by atoms with E-state index in [1.54, 1.807) is 0 Å². The molecule has 0 N–H and O–H groups in total. The van der Waals surface area contributed by atoms with Crippen molar-refractivity contribution in [3.8, 4) is 0 Å². The summed E-state index contributed by atoms with van der Waals surface area (Å²) in [6, 6.07) is 173. The van der Waals surface area contributed by atoms with Crippen LogP contribution in [0.2, 0.25) is 0 Å². The molecule has 0 aliphatic carbocycles. The van der Waals surface area contributed by atoms with Gasteiger partial charge in [0.15, 0.2) is 0 Å². The summed E-state index contributed by atoms with van der Waals surface area (Å²) in [5.74, 6) is 0.966. The minimum atomic E-state index is 0.0864. The molecule has 6 nitrogen and oxygen atoms in total. The fourth-order valence-electron chi connectivity index (χ4n) is 21.1. The first-order valence-electron chi connectivity index (χ1n) is 50.0. The molecule has 0 saturated carbocycles. The second-order valence-electron chi connectivity index (χ2n) is 40.6. The molecule has 24 aromatic rings. The van der Waals surface area contributed by atoms with Crippen molar-refractivity contribution < 1.29 is 0 Å². The van der Waals surface area contributed by atoms with Crippen molar-refractivity contribution in [1.29, 1.82) is 0 Å². The highest BCUT2D eigenvalue weighted by molar-refractivity contribution is 6.31. The van der Waals surface area contributed by atoms with Crippen molar-refractivity contribution in [2.45, 2.75) is 106 Å². The number of anilines is 18. The topological polar surface area (TPSA) is 19.4 Å². The maximum absolute atomic E-state index is 2.41. The Morgan fingerprint density at radius 2 is 0.303 bits per heavy atom. The molecule has 0 bridgehead atoms. The molecule has 6 heteroatoms. The molecule has 0 amide bonds. The predicted molar refractivity (Wildman–Crippen MR) is 614 cm³/mol. The van der Waals surface area contributed by atoms with Gasteiger partial charge in [-0.15, -0.1) is 0 Å². The second-order valence-corrected chi connectivity index (χ2v) is 40.6. The van der Waals surface area contributed by atoms with Crippen LogP contribution < -0.4 is 29.4 Å². The highest BCUT2D eigenvalue weighted by Crippen LogP contribution is 2.54. The van der Waals surface area contributed by atoms with E-state index in [2.05, 4.69) is 586 Å². The average molecular weight is 1830 g/mol. The van der Waals surface area contributed by atoms with E-state index in [1.807, 2.05) is 0 Å². The quantitative estimate of drug-likeness (QED) is 0.0704. The molecule has 690 valence electrons. The molecule has 0 aliphatic heterocycles. The highest BCUT2D eigenvalue weighted by Gasteiger charge is 2.29. The zero-order valence-corrected chi connectivity index (χ0v) is 82.9. The Bertz CT molecular complexity index is 8050. The largest absolute Gasteiger partial charge is 0.310 e. The Hall–Kier alpha value is -16.8. The minimum Gasteiger partial charge on any atom is -0.310 e. The molecule has 0 fully saturated rings. The van der Waals surface area contributed by atoms with Gasteiger partial charge in [0.05, 0.1) is 34.1 Å². The normalized spacial score (nSPS) is 11.8. The molecular formula is C136H116N6. The first kappa shape index (κ1) is 90.4. The maximum atomic E-state index is 2.41. The van der Waals surface area contributed by atoms with Gasteiger partial charge in [-0.3, -0.25) is 0 Å². The van der Waals surface area contributed by atoms with Crippen molar-refractivity contribution in [3.05, 3.63) is 507 Å². The average Bonchev–Trinajstić information content (AvgIpc) is 0.726. The van der Waals surface area contributed by atoms with Gasteiger partial charge in [0.2, 0.25) is 0 Å². The monoisotopic (exact) mass is 1830 g/mol. The van der Waals surface area contributed by atoms with Crippen LogP contribution in [0.25, 0.3) is 97.0 Å². The van der Waals surface area contributed by atoms with Crippen molar-refractivity contribution >= 4 is 199 Å². The Morgan fingerprint density at radius 3 is 0.465 bits per heavy atom. The van der Waals surface area contributed by atoms with Crippen LogP contribution in [0.15, 0.2) is 473 Å². The lowest BCUT2D eigenvalue weighted by molar-refractivity contribution is 0.590. The van der Waals surface area contributed by atoms with Crippen LogP contribution in [0.5, 0.6) is 0 Å². The third-order valence-corrected chi connectivity index (χ3v) is 28.6. The summed E-state index contributed by atoms with van der Waals surface area (Å²) in [5.41, 5.74) is 28.8. The molecule has 0 unspecified atom stereocenters. The van der Waals surface area contributed by atoms with E-state index in [-0.39, 0.29) is 10.8 Å². The third-order valence-electron chi connectivity index (χ3n) is 28.6. The lowest BCUT2D eigenvalue weighted by atomic mass is 9.87. The van der Waals surface area contributed by atoms with Gasteiger partial charge in [-0.1, -0.05) is 372 Å². The van der Waals surface area contributed by atoms with Gasteiger partial charge in [0, 0.05) is 101 Å². The van der Waals surface area contributed by atoms with E-state index in [1.165, 1.54) is 164 Å². The minimum absolute atomic E-state index is 0.0864. The zero-order valence-electron chi connectivity index (χ0n) is 82.9. The number of hydrogen-bond donors (Lipinski definition) is 0. The first-order valence-corrected chi connectivity index (χ1v) is 50.0. The van der Waals surface area contributed by atoms with Gasteiger partial charge < -0.3 is 29.4 Å². The molecule has 0 atom stereocenters. The summed E-state index contributed by atoms with van der Waals surface area (Å²) in [6.07, 6.45) is 0. The third kappa shape index (κ3) is 17.2. The van der Waals surface area contributed by atoms with Crippen molar-refractivity contribution in [3.63, 3.8) is 0 Å². The first-order chi connectivity index (χ1) is 69.2. The summed E-state index contributed by atoms with van der Waals surface area (Å²) >= 11 is 0. The van der Waals surface area contributed by atoms with Crippen molar-refractivity contribution in [1.82, 2.24) is 0 Å². The standard InChI is InChI=1S/C48H44N2.C46H40N2.C42H32N2/c1-47(2,3)35-21-25-39(26-22-35)49(37-13-9-7-10-14-37)43-31-19-33-18-30-42-44(32-20-34-17-29-41(43)45(33)46(34)42)50(38-15-11-8-12-16-38)40-27-23-36(24-28-40)48(4,5)6;1-31(2)33-15-23-39(24-16-33)47(37-11-7-5-8-12-37)43-29-21-35-20-28-42-44(30-22-36-19-27-41(43)45(35)46(36)42)48(38-13-9-6-10-14-38)40-25-17-34(18-26-40)32(3)4;1-29-13-21-35(22-14-29)43(33-9-5-3-6-10-33)39-27-19-31-18-26-38-40(28-20-32-17-25-37(39)41(31)42(32)38)44(34-11-7-4-8-12-34)36-23-15-30(2)16-24-36/h7-32H,1-6H3;5-32H,1-4H3;3-28H,1-2H3. The number of para-hydroxylation sites is 6. The van der Waals surface area contributed by atoms with Crippen LogP contribution in [-0.2, 0) is 10.8 Å². The lowest BCUT2D eigenvalue weighted by Crippen LogP contribution is -2.14. The molecule has 0 aliphatic rings. The Morgan fingerprint density at radius 1 is 0.155 bits per heavy atom. The Labute approximate surface area is 835 Å². The second kappa shape index (κ2) is 37.8. The molecular weight excluding hydrogens is 1720 g/mol. The van der Waals surface area contributed by atoms with E-state index in [4.69, 9.17) is 0 Å². The lowest BCUT2D eigenvalue weighted by Gasteiger charge is -2.30. The molecule has 0 spiro atoms. The van der Waals surface area contributed by atoms with Gasteiger partial charge in [-0.05, 0) is 305 Å². The fourth-order valence-corrected chi connectivity index (χ4v) is 21.1. The SMILES string of the molecule is CC(C)(C)c1ccc(N(c2ccccc2)c2ccc3ccc4c(N(c5ccccc5)c5ccc(C(C)(C)C)cc5)ccc5ccc2c3c54)cc1.CC(C)c1ccc(N(c2ccccc2)c2ccc3ccc4c(N(c5ccccc5)c5ccc(C(C)C)cc5)ccc5ccc2c3c54)cc1.Cc1ccc(N(c2ccccc2)c2ccc3ccc4c(N(c5ccccc5)c5ccc(C)cc5)ccc5ccc2c3c54)cc1. The van der Waals surface area contributed by atoms with Gasteiger partial charge in [-0.2, -0.15) is 0 Å². The predicted octanol–water partition coefficient (Wildman–Crippen LogP) is 40.0. The van der Waals surface area contributed by atoms with Crippen LogP contribution in [0, 0.1) is 13.8 Å². The Balaban J connectivity index is 0.000000122. The van der Waals surface area contributed by atoms with E-state index >= 15 is 0 Å². The van der Waals surface area contributed by atoms with Crippen molar-refractivity contribution in [2.75, 3.05) is 29.4 Å². The number of hydrogen-bond acceptors (Lipinski definition) is 6. The molecule has 0 radical (unpaired) electrons. The summed E-state index contributed by atoms with van der Waals surface area (Å²) in [6.45, 7) is 26.9. The van der Waals surface area contributed by atoms with E-state index in [0.29, 0.717) is 11.8 Å².